The summed E-state index contributed by atoms with van der Waals surface area (Å²) in [7, 11) is 0. The van der Waals surface area contributed by atoms with Crippen LogP contribution in [0.15, 0.2) is 17.5 Å². The number of unbranched alkanes of at least 4 members (excludes halogenated alkanes) is 2. The van der Waals surface area contributed by atoms with E-state index in [2.05, 4.69) is 22.8 Å². The van der Waals surface area contributed by atoms with Gasteiger partial charge in [0.25, 0.3) is 0 Å². The number of hydrogen-bond donors (Lipinski definition) is 2. The van der Waals surface area contributed by atoms with E-state index in [9.17, 15) is 9.59 Å². The summed E-state index contributed by atoms with van der Waals surface area (Å²) in [6.45, 7) is 0. The summed E-state index contributed by atoms with van der Waals surface area (Å²) < 4.78 is 0. The van der Waals surface area contributed by atoms with Gasteiger partial charge in [0, 0.05) is 17.3 Å². The summed E-state index contributed by atoms with van der Waals surface area (Å²) in [5, 5.41) is 14.0. The van der Waals surface area contributed by atoms with Crippen LogP contribution in [0.1, 0.15) is 49.8 Å². The van der Waals surface area contributed by atoms with Crippen molar-refractivity contribution >= 4 is 23.2 Å². The normalized spacial score (nSPS) is 21.3. The van der Waals surface area contributed by atoms with Gasteiger partial charge in [0.1, 0.15) is 0 Å². The van der Waals surface area contributed by atoms with E-state index in [0.29, 0.717) is 19.3 Å². The van der Waals surface area contributed by atoms with Crippen molar-refractivity contribution in [2.24, 2.45) is 5.92 Å². The minimum atomic E-state index is -0.736. The van der Waals surface area contributed by atoms with Crippen LogP contribution in [-0.2, 0) is 16.0 Å². The topological polar surface area (TPSA) is 66.4 Å². The van der Waals surface area contributed by atoms with Crippen molar-refractivity contribution in [1.82, 2.24) is 5.32 Å². The highest BCUT2D eigenvalue weighted by molar-refractivity contribution is 7.09. The zero-order chi connectivity index (χ0) is 15.1. The van der Waals surface area contributed by atoms with Gasteiger partial charge in [-0.3, -0.25) is 9.59 Å². The number of amides is 1. The number of carboxylic acids is 1. The van der Waals surface area contributed by atoms with E-state index in [1.165, 1.54) is 4.88 Å². The molecule has 1 aromatic rings. The molecule has 0 unspecified atom stereocenters. The molecule has 0 spiro atoms. The molecule has 1 amide bonds. The molecule has 1 aromatic heterocycles. The number of carboxylic acid groups (broad SMARTS) is 1. The summed E-state index contributed by atoms with van der Waals surface area (Å²) in [5.41, 5.74) is 0. The van der Waals surface area contributed by atoms with Gasteiger partial charge in [-0.25, -0.2) is 0 Å². The maximum absolute atomic E-state index is 11.8. The smallest absolute Gasteiger partial charge is 0.306 e. The summed E-state index contributed by atoms with van der Waals surface area (Å²) in [6.07, 6.45) is 6.81. The monoisotopic (exact) mass is 309 g/mol. The highest BCUT2D eigenvalue weighted by Crippen LogP contribution is 2.25. The third-order valence-electron chi connectivity index (χ3n) is 4.05. The van der Waals surface area contributed by atoms with Gasteiger partial charge >= 0.3 is 5.97 Å². The number of aryl methyl sites for hydroxylation is 1. The van der Waals surface area contributed by atoms with Crippen molar-refractivity contribution in [1.29, 1.82) is 0 Å². The van der Waals surface area contributed by atoms with Crippen LogP contribution in [0.2, 0.25) is 0 Å². The number of nitrogens with one attached hydrogen (secondary N) is 1. The van der Waals surface area contributed by atoms with Gasteiger partial charge in [-0.15, -0.1) is 11.3 Å². The minimum Gasteiger partial charge on any atom is -0.481 e. The van der Waals surface area contributed by atoms with E-state index in [1.54, 1.807) is 11.3 Å². The lowest BCUT2D eigenvalue weighted by Crippen LogP contribution is -2.33. The zero-order valence-corrected chi connectivity index (χ0v) is 13.0. The molecule has 2 N–H and O–H groups in total. The molecule has 1 fully saturated rings. The largest absolute Gasteiger partial charge is 0.481 e. The molecule has 0 bridgehead atoms. The van der Waals surface area contributed by atoms with Crippen LogP contribution in [0, 0.1) is 5.92 Å². The Labute approximate surface area is 129 Å². The maximum atomic E-state index is 11.8. The van der Waals surface area contributed by atoms with E-state index in [0.717, 1.165) is 32.1 Å². The van der Waals surface area contributed by atoms with Gasteiger partial charge in [0.05, 0.1) is 5.92 Å². The average molecular weight is 309 g/mol. The molecule has 1 aliphatic carbocycles. The van der Waals surface area contributed by atoms with Crippen LogP contribution in [0.5, 0.6) is 0 Å². The molecule has 4 nitrogen and oxygen atoms in total. The molecule has 5 heteroatoms. The third-order valence-corrected chi connectivity index (χ3v) is 4.99. The van der Waals surface area contributed by atoms with Gasteiger partial charge in [0.15, 0.2) is 0 Å². The Hall–Kier alpha value is -1.36. The molecule has 0 aliphatic heterocycles. The Balaban J connectivity index is 1.53. The molecule has 2 atom stereocenters. The van der Waals surface area contributed by atoms with Crippen LogP contribution in [-0.4, -0.2) is 23.0 Å². The van der Waals surface area contributed by atoms with Gasteiger partial charge in [0.2, 0.25) is 5.91 Å². The third kappa shape index (κ3) is 5.50. The number of carbonyl (C=O) groups excluding carboxylic acids is 1. The standard InChI is InChI=1S/C16H23NO3S/c18-15(17-13-9-8-12(11-13)16(19)20)7-3-1-2-5-14-6-4-10-21-14/h4,6,10,12-13H,1-3,5,7-9,11H2,(H,17,18)(H,19,20)/t12-,13+/m1/s1. The van der Waals surface area contributed by atoms with Crippen molar-refractivity contribution in [3.63, 3.8) is 0 Å². The fourth-order valence-corrected chi connectivity index (χ4v) is 3.60. The molecule has 1 aliphatic rings. The second-order valence-electron chi connectivity index (χ2n) is 5.75. The fraction of sp³-hybridized carbons (Fsp3) is 0.625. The molecule has 0 radical (unpaired) electrons. The van der Waals surface area contributed by atoms with Gasteiger partial charge in [-0.2, -0.15) is 0 Å². The molecule has 0 saturated heterocycles. The SMILES string of the molecule is O=C(CCCCCc1cccs1)N[C@H]1CC[C@@H](C(=O)O)C1. The van der Waals surface area contributed by atoms with Crippen LogP contribution in [0.25, 0.3) is 0 Å². The van der Waals surface area contributed by atoms with Crippen molar-refractivity contribution < 1.29 is 14.7 Å². The zero-order valence-electron chi connectivity index (χ0n) is 12.2. The summed E-state index contributed by atoms with van der Waals surface area (Å²) in [6, 6.07) is 4.28. The van der Waals surface area contributed by atoms with E-state index in [-0.39, 0.29) is 17.9 Å². The lowest BCUT2D eigenvalue weighted by molar-refractivity contribution is -0.141. The number of carbonyl (C=O) groups is 2. The Morgan fingerprint density at radius 2 is 2.14 bits per heavy atom. The van der Waals surface area contributed by atoms with Crippen molar-refractivity contribution in [2.45, 2.75) is 57.4 Å². The summed E-state index contributed by atoms with van der Waals surface area (Å²) in [4.78, 5) is 24.1. The number of hydrogen-bond acceptors (Lipinski definition) is 3. The van der Waals surface area contributed by atoms with E-state index >= 15 is 0 Å². The molecule has 2 rings (SSSR count). The average Bonchev–Trinajstić information content (AvgIpc) is 3.09. The van der Waals surface area contributed by atoms with Gasteiger partial charge in [-0.1, -0.05) is 12.5 Å². The number of thiophene rings is 1. The first-order valence-corrected chi connectivity index (χ1v) is 8.57. The first-order valence-electron chi connectivity index (χ1n) is 7.69. The quantitative estimate of drug-likeness (QED) is 0.725. The molecule has 1 saturated carbocycles. The Morgan fingerprint density at radius 3 is 2.81 bits per heavy atom. The molecule has 0 aromatic carbocycles. The minimum absolute atomic E-state index is 0.0599. The van der Waals surface area contributed by atoms with Crippen molar-refractivity contribution in [3.05, 3.63) is 22.4 Å². The van der Waals surface area contributed by atoms with Gasteiger partial charge in [-0.05, 0) is 50.0 Å². The molecule has 21 heavy (non-hydrogen) atoms. The molecular formula is C16H23NO3S. The lowest BCUT2D eigenvalue weighted by Gasteiger charge is -2.12. The van der Waals surface area contributed by atoms with E-state index in [1.807, 2.05) is 0 Å². The maximum Gasteiger partial charge on any atom is 0.306 e. The van der Waals surface area contributed by atoms with Crippen LogP contribution in [0.3, 0.4) is 0 Å². The van der Waals surface area contributed by atoms with Gasteiger partial charge < -0.3 is 10.4 Å². The highest BCUT2D eigenvalue weighted by atomic mass is 32.1. The molecular weight excluding hydrogens is 286 g/mol. The number of aliphatic carboxylic acids is 1. The van der Waals surface area contributed by atoms with Crippen molar-refractivity contribution in [2.75, 3.05) is 0 Å². The second kappa shape index (κ2) is 8.17. The van der Waals surface area contributed by atoms with Crippen LogP contribution < -0.4 is 5.32 Å². The fourth-order valence-electron chi connectivity index (χ4n) is 2.85. The lowest BCUT2D eigenvalue weighted by atomic mass is 10.1. The Kier molecular flexibility index (Phi) is 6.23. The second-order valence-corrected chi connectivity index (χ2v) is 6.78. The Bertz CT molecular complexity index is 458. The van der Waals surface area contributed by atoms with Crippen molar-refractivity contribution in [3.8, 4) is 0 Å². The first kappa shape index (κ1) is 16.0. The predicted molar refractivity (Wildman–Crippen MR) is 83.4 cm³/mol. The first-order chi connectivity index (χ1) is 10.1. The van der Waals surface area contributed by atoms with Crippen LogP contribution >= 0.6 is 11.3 Å². The molecule has 116 valence electrons. The van der Waals surface area contributed by atoms with E-state index < -0.39 is 5.97 Å². The molecule has 1 heterocycles. The number of rotatable bonds is 8. The predicted octanol–water partition coefficient (Wildman–Crippen LogP) is 3.22. The summed E-state index contributed by atoms with van der Waals surface area (Å²) in [5.74, 6) is -0.941. The Morgan fingerprint density at radius 1 is 1.29 bits per heavy atom. The van der Waals surface area contributed by atoms with E-state index in [4.69, 9.17) is 5.11 Å². The summed E-state index contributed by atoms with van der Waals surface area (Å²) >= 11 is 1.78. The van der Waals surface area contributed by atoms with Crippen LogP contribution in [0.4, 0.5) is 0 Å². The highest BCUT2D eigenvalue weighted by Gasteiger charge is 2.30.